The second-order valence-electron chi connectivity index (χ2n) is 5.41. The summed E-state index contributed by atoms with van der Waals surface area (Å²) in [6, 6.07) is -0.460. The van der Waals surface area contributed by atoms with Crippen LogP contribution >= 0.6 is 12.2 Å². The Morgan fingerprint density at radius 3 is 2.45 bits per heavy atom. The number of carbonyl (C=O) groups excluding carboxylic acids is 2. The predicted octanol–water partition coefficient (Wildman–Crippen LogP) is 1.21. The van der Waals surface area contributed by atoms with Gasteiger partial charge in [0.1, 0.15) is 6.04 Å². The molecule has 114 valence electrons. The monoisotopic (exact) mass is 299 g/mol. The van der Waals surface area contributed by atoms with Crippen LogP contribution in [0, 0.1) is 5.41 Å². The van der Waals surface area contributed by atoms with Gasteiger partial charge in [-0.25, -0.2) is 0 Å². The number of carbonyl (C=O) groups is 2. The maximum atomic E-state index is 13.0. The lowest BCUT2D eigenvalue weighted by Crippen LogP contribution is -2.61. The highest BCUT2D eigenvalue weighted by molar-refractivity contribution is 7.80. The third-order valence-electron chi connectivity index (χ3n) is 3.99. The molecule has 6 heteroatoms. The molecule has 3 N–H and O–H groups in total. The fraction of sp³-hybridized carbons (Fsp3) is 0.786. The van der Waals surface area contributed by atoms with Crippen molar-refractivity contribution in [2.75, 3.05) is 13.1 Å². The first-order valence-electron chi connectivity index (χ1n) is 7.29. The van der Waals surface area contributed by atoms with Crippen LogP contribution in [-0.4, -0.2) is 40.8 Å². The van der Waals surface area contributed by atoms with Crippen molar-refractivity contribution in [1.29, 1.82) is 0 Å². The van der Waals surface area contributed by atoms with Crippen LogP contribution in [0.15, 0.2) is 0 Å². The number of hydrogen-bond acceptors (Lipinski definition) is 3. The van der Waals surface area contributed by atoms with Crippen LogP contribution < -0.4 is 11.1 Å². The van der Waals surface area contributed by atoms with Crippen LogP contribution in [0.3, 0.4) is 0 Å². The summed E-state index contributed by atoms with van der Waals surface area (Å²) in [6.45, 7) is 6.78. The van der Waals surface area contributed by atoms with Gasteiger partial charge in [0.2, 0.25) is 11.8 Å². The van der Waals surface area contributed by atoms with Gasteiger partial charge in [-0.05, 0) is 19.8 Å². The highest BCUT2D eigenvalue weighted by Crippen LogP contribution is 2.34. The molecule has 1 fully saturated rings. The van der Waals surface area contributed by atoms with E-state index in [4.69, 9.17) is 18.0 Å². The fourth-order valence-electron chi connectivity index (χ4n) is 2.88. The largest absolute Gasteiger partial charge is 0.392 e. The van der Waals surface area contributed by atoms with Gasteiger partial charge >= 0.3 is 0 Å². The van der Waals surface area contributed by atoms with Gasteiger partial charge in [-0.1, -0.05) is 38.9 Å². The van der Waals surface area contributed by atoms with Crippen molar-refractivity contribution in [3.63, 3.8) is 0 Å². The van der Waals surface area contributed by atoms with Gasteiger partial charge in [-0.15, -0.1) is 0 Å². The third kappa shape index (κ3) is 3.11. The Balaban J connectivity index is 3.08. The normalized spacial score (nSPS) is 19.6. The first kappa shape index (κ1) is 16.9. The number of thiocarbonyl (C=S) groups is 1. The molecule has 0 aliphatic carbocycles. The molecule has 0 bridgehead atoms. The maximum absolute atomic E-state index is 13.0. The van der Waals surface area contributed by atoms with Crippen LogP contribution in [-0.2, 0) is 9.59 Å². The Labute approximate surface area is 126 Å². The van der Waals surface area contributed by atoms with Crippen LogP contribution in [0.1, 0.15) is 46.5 Å². The molecule has 1 heterocycles. The summed E-state index contributed by atoms with van der Waals surface area (Å²) in [5.41, 5.74) is 5.11. The van der Waals surface area contributed by atoms with Gasteiger partial charge in [-0.2, -0.15) is 0 Å². The molecular formula is C14H25N3O2S. The molecule has 1 unspecified atom stereocenters. The van der Waals surface area contributed by atoms with E-state index in [0.29, 0.717) is 25.9 Å². The SMILES string of the molecule is CCCC(CCC)(C(=O)N1CCNC(=O)C1C)C(N)=S. The Morgan fingerprint density at radius 1 is 1.45 bits per heavy atom. The summed E-state index contributed by atoms with van der Waals surface area (Å²) < 4.78 is 0. The van der Waals surface area contributed by atoms with Crippen molar-refractivity contribution < 1.29 is 9.59 Å². The molecule has 0 aromatic carbocycles. The second-order valence-corrected chi connectivity index (χ2v) is 5.85. The topological polar surface area (TPSA) is 75.4 Å². The molecule has 5 nitrogen and oxygen atoms in total. The highest BCUT2D eigenvalue weighted by Gasteiger charge is 2.45. The molecule has 0 saturated carbocycles. The van der Waals surface area contributed by atoms with Gasteiger partial charge in [0, 0.05) is 13.1 Å². The number of nitrogens with one attached hydrogen (secondary N) is 1. The van der Waals surface area contributed by atoms with Crippen LogP contribution in [0.4, 0.5) is 0 Å². The number of amides is 2. The van der Waals surface area contributed by atoms with Crippen LogP contribution in [0.5, 0.6) is 0 Å². The van der Waals surface area contributed by atoms with Crippen molar-refractivity contribution >= 4 is 29.0 Å². The molecule has 0 spiro atoms. The van der Waals surface area contributed by atoms with Crippen molar-refractivity contribution in [3.8, 4) is 0 Å². The van der Waals surface area contributed by atoms with E-state index in [1.807, 2.05) is 13.8 Å². The molecule has 0 aromatic heterocycles. The molecule has 20 heavy (non-hydrogen) atoms. The predicted molar refractivity (Wildman–Crippen MR) is 83.2 cm³/mol. The van der Waals surface area contributed by atoms with Gasteiger partial charge in [0.05, 0.1) is 10.4 Å². The van der Waals surface area contributed by atoms with Crippen LogP contribution in [0.2, 0.25) is 0 Å². The average Bonchev–Trinajstić information content (AvgIpc) is 2.40. The maximum Gasteiger partial charge on any atom is 0.242 e. The third-order valence-corrected chi connectivity index (χ3v) is 4.39. The van der Waals surface area contributed by atoms with Gasteiger partial charge in [0.25, 0.3) is 0 Å². The first-order valence-corrected chi connectivity index (χ1v) is 7.70. The van der Waals surface area contributed by atoms with E-state index in [9.17, 15) is 9.59 Å². The Bertz CT molecular complexity index is 392. The fourth-order valence-corrected chi connectivity index (χ4v) is 3.17. The van der Waals surface area contributed by atoms with Gasteiger partial charge in [0.15, 0.2) is 0 Å². The highest BCUT2D eigenvalue weighted by atomic mass is 32.1. The summed E-state index contributed by atoms with van der Waals surface area (Å²) >= 11 is 5.20. The van der Waals surface area contributed by atoms with Crippen molar-refractivity contribution in [1.82, 2.24) is 10.2 Å². The lowest BCUT2D eigenvalue weighted by molar-refractivity contribution is -0.148. The summed E-state index contributed by atoms with van der Waals surface area (Å²) in [4.78, 5) is 26.6. The zero-order chi connectivity index (χ0) is 15.3. The lowest BCUT2D eigenvalue weighted by Gasteiger charge is -2.40. The van der Waals surface area contributed by atoms with E-state index in [-0.39, 0.29) is 16.8 Å². The van der Waals surface area contributed by atoms with E-state index in [1.165, 1.54) is 0 Å². The van der Waals surface area contributed by atoms with Gasteiger partial charge < -0.3 is 16.0 Å². The molecule has 1 aliphatic rings. The summed E-state index contributed by atoms with van der Waals surface area (Å²) in [6.07, 6.45) is 2.94. The van der Waals surface area contributed by atoms with Crippen molar-refractivity contribution in [2.45, 2.75) is 52.5 Å². The molecular weight excluding hydrogens is 274 g/mol. The molecule has 1 aliphatic heterocycles. The molecule has 0 aromatic rings. The summed E-state index contributed by atoms with van der Waals surface area (Å²) in [5, 5.41) is 2.76. The Hall–Kier alpha value is -1.17. The Morgan fingerprint density at radius 2 is 2.00 bits per heavy atom. The van der Waals surface area contributed by atoms with E-state index in [1.54, 1.807) is 11.8 Å². The standard InChI is InChI=1S/C14H25N3O2S/c1-4-6-14(7-5-2,12(15)20)13(19)17-9-8-16-11(18)10(17)3/h10H,4-9H2,1-3H3,(H2,15,20)(H,16,18). The van der Waals surface area contributed by atoms with Crippen LogP contribution in [0.25, 0.3) is 0 Å². The quantitative estimate of drug-likeness (QED) is 0.723. The average molecular weight is 299 g/mol. The molecule has 1 rings (SSSR count). The number of rotatable bonds is 6. The number of piperazine rings is 1. The molecule has 0 radical (unpaired) electrons. The van der Waals surface area contributed by atoms with Gasteiger partial charge in [-0.3, -0.25) is 9.59 Å². The minimum atomic E-state index is -0.801. The van der Waals surface area contributed by atoms with E-state index in [0.717, 1.165) is 12.8 Å². The molecule has 2 amide bonds. The minimum absolute atomic E-state index is 0.0870. The summed E-state index contributed by atoms with van der Waals surface area (Å²) in [5.74, 6) is -0.203. The van der Waals surface area contributed by atoms with E-state index >= 15 is 0 Å². The zero-order valence-electron chi connectivity index (χ0n) is 12.6. The number of nitrogens with zero attached hydrogens (tertiary/aromatic N) is 1. The summed E-state index contributed by atoms with van der Waals surface area (Å²) in [7, 11) is 0. The number of nitrogens with two attached hydrogens (primary N) is 1. The molecule has 1 atom stereocenters. The molecule has 1 saturated heterocycles. The minimum Gasteiger partial charge on any atom is -0.392 e. The lowest BCUT2D eigenvalue weighted by atomic mass is 9.77. The van der Waals surface area contributed by atoms with Crippen molar-refractivity contribution in [2.24, 2.45) is 11.1 Å². The Kier molecular flexibility index (Phi) is 5.92. The number of hydrogen-bond donors (Lipinski definition) is 2. The van der Waals surface area contributed by atoms with E-state index in [2.05, 4.69) is 5.32 Å². The van der Waals surface area contributed by atoms with E-state index < -0.39 is 11.5 Å². The van der Waals surface area contributed by atoms with Crippen molar-refractivity contribution in [3.05, 3.63) is 0 Å². The first-order chi connectivity index (χ1) is 9.40. The second kappa shape index (κ2) is 7.02. The smallest absolute Gasteiger partial charge is 0.242 e. The zero-order valence-corrected chi connectivity index (χ0v) is 13.4.